The van der Waals surface area contributed by atoms with Gasteiger partial charge in [-0.1, -0.05) is 58.5 Å². The second-order valence-electron chi connectivity index (χ2n) is 13.5. The maximum atomic E-state index is 13.5. The molecule has 0 saturated carbocycles. The summed E-state index contributed by atoms with van der Waals surface area (Å²) < 4.78 is 29.6. The first-order chi connectivity index (χ1) is 26.6. The molecule has 294 valence electrons. The highest BCUT2D eigenvalue weighted by Crippen LogP contribution is 2.48. The highest BCUT2D eigenvalue weighted by atomic mass is 35.5. The van der Waals surface area contributed by atoms with Gasteiger partial charge in [-0.05, 0) is 96.6 Å². The summed E-state index contributed by atoms with van der Waals surface area (Å²) in [6, 6.07) is 14.1. The van der Waals surface area contributed by atoms with Crippen LogP contribution in [0, 0.1) is 0 Å². The Morgan fingerprint density at radius 3 is 1.68 bits per heavy atom. The van der Waals surface area contributed by atoms with Crippen molar-refractivity contribution in [1.29, 1.82) is 0 Å². The number of benzene rings is 3. The van der Waals surface area contributed by atoms with E-state index in [0.717, 1.165) is 25.9 Å². The molecular weight excluding hydrogens is 822 g/mol. The van der Waals surface area contributed by atoms with Crippen LogP contribution in [-0.2, 0) is 10.0 Å². The molecule has 0 amide bonds. The van der Waals surface area contributed by atoms with Crippen LogP contribution in [0.15, 0.2) is 59.5 Å². The fourth-order valence-corrected chi connectivity index (χ4v) is 8.06. The Morgan fingerprint density at radius 1 is 0.643 bits per heavy atom. The predicted octanol–water partition coefficient (Wildman–Crippen LogP) is 7.47. The number of nitrogens with one attached hydrogen (secondary N) is 4. The number of carbonyl (C=O) groups excluding carboxylic acids is 2. The molecule has 1 aliphatic carbocycles. The van der Waals surface area contributed by atoms with E-state index in [0.29, 0.717) is 41.6 Å². The van der Waals surface area contributed by atoms with Crippen LogP contribution in [0.3, 0.4) is 0 Å². The average molecular weight is 861 g/mol. The van der Waals surface area contributed by atoms with Gasteiger partial charge in [0.2, 0.25) is 17.8 Å². The van der Waals surface area contributed by atoms with Crippen LogP contribution in [0.4, 0.5) is 29.2 Å². The molecule has 4 N–H and O–H groups in total. The van der Waals surface area contributed by atoms with E-state index in [4.69, 9.17) is 46.4 Å². The van der Waals surface area contributed by atoms with E-state index in [1.165, 1.54) is 18.2 Å². The number of hydrogen-bond acceptors (Lipinski definition) is 13. The molecule has 0 spiro atoms. The van der Waals surface area contributed by atoms with Gasteiger partial charge in [0.05, 0.1) is 53.0 Å². The molecule has 56 heavy (non-hydrogen) atoms. The number of Topliss-reactive ketones (excluding diaryl/α,β-unsaturated/α-hetero) is 2. The summed E-state index contributed by atoms with van der Waals surface area (Å²) in [5, 5.41) is 9.71. The molecule has 19 heteroatoms. The highest BCUT2D eigenvalue weighted by Gasteiger charge is 2.45. The molecule has 14 nitrogen and oxygen atoms in total. The number of anilines is 5. The van der Waals surface area contributed by atoms with Crippen molar-refractivity contribution in [1.82, 2.24) is 29.7 Å². The second-order valence-corrected chi connectivity index (χ2v) is 16.7. The maximum absolute atomic E-state index is 13.5. The number of carbonyl (C=O) groups is 2. The van der Waals surface area contributed by atoms with Crippen molar-refractivity contribution in [2.24, 2.45) is 0 Å². The van der Waals surface area contributed by atoms with Crippen molar-refractivity contribution in [2.75, 3.05) is 75.0 Å². The van der Waals surface area contributed by atoms with Crippen molar-refractivity contribution in [3.8, 4) is 0 Å². The Kier molecular flexibility index (Phi) is 12.8. The quantitative estimate of drug-likeness (QED) is 0.0333. The lowest BCUT2D eigenvalue weighted by molar-refractivity contribution is 0.0888. The van der Waals surface area contributed by atoms with Crippen LogP contribution >= 0.6 is 46.4 Å². The number of pyridine rings is 1. The molecule has 0 unspecified atom stereocenters. The molecule has 2 aromatic heterocycles. The van der Waals surface area contributed by atoms with Gasteiger partial charge in [0.25, 0.3) is 10.0 Å². The standard InChI is InChI=1S/C37H38Cl4N10O4S/c1-50(2)17-5-15-42-35-46-36(43-16-6-18-51(3)4)48-37(47-35)44-21-10-12-23(13-11-21)56(54,55)49-22-9-7-20-8-14-24(45-25(20)19-22)26-33(52)27-28(34(26)53)30(39)32(41)31(40)29(27)38/h7-14,19,26,49H,5-6,15-18H2,1-4H3,(H3,42,43,44,46,47,48). The summed E-state index contributed by atoms with van der Waals surface area (Å²) in [5.41, 5.74) is 1.01. The van der Waals surface area contributed by atoms with Crippen LogP contribution in [0.5, 0.6) is 0 Å². The summed E-state index contributed by atoms with van der Waals surface area (Å²) >= 11 is 25.0. The largest absolute Gasteiger partial charge is 0.354 e. The topological polar surface area (TPSA) is 174 Å². The van der Waals surface area contributed by atoms with Crippen molar-refractivity contribution < 1.29 is 18.0 Å². The lowest BCUT2D eigenvalue weighted by atomic mass is 9.98. The number of fused-ring (bicyclic) bond motifs is 2. The fraction of sp³-hybridized carbons (Fsp3) is 0.297. The molecular formula is C37H38Cl4N10O4S. The van der Waals surface area contributed by atoms with Gasteiger partial charge in [-0.3, -0.25) is 19.3 Å². The molecule has 0 aliphatic heterocycles. The van der Waals surface area contributed by atoms with Crippen molar-refractivity contribution in [3.05, 3.63) is 91.5 Å². The van der Waals surface area contributed by atoms with Gasteiger partial charge >= 0.3 is 0 Å². The Balaban J connectivity index is 1.17. The maximum Gasteiger partial charge on any atom is 0.261 e. The van der Waals surface area contributed by atoms with E-state index in [-0.39, 0.29) is 53.4 Å². The summed E-state index contributed by atoms with van der Waals surface area (Å²) in [5.74, 6) is -1.47. The third kappa shape index (κ3) is 9.26. The summed E-state index contributed by atoms with van der Waals surface area (Å²) in [6.07, 6.45) is 1.78. The van der Waals surface area contributed by atoms with Crippen LogP contribution in [-0.4, -0.2) is 104 Å². The summed E-state index contributed by atoms with van der Waals surface area (Å²) in [7, 11) is 4.00. The van der Waals surface area contributed by atoms with Gasteiger partial charge in [-0.2, -0.15) is 15.0 Å². The zero-order valence-corrected chi connectivity index (χ0v) is 34.6. The van der Waals surface area contributed by atoms with Gasteiger partial charge in [0.1, 0.15) is 5.92 Å². The Hall–Kier alpha value is -4.35. The molecule has 5 aromatic rings. The average Bonchev–Trinajstić information content (AvgIpc) is 3.42. The number of ketones is 2. The number of nitrogens with zero attached hydrogens (tertiary/aromatic N) is 6. The predicted molar refractivity (Wildman–Crippen MR) is 223 cm³/mol. The first-order valence-corrected chi connectivity index (χ1v) is 20.4. The van der Waals surface area contributed by atoms with E-state index >= 15 is 0 Å². The first kappa shape index (κ1) is 41.3. The monoisotopic (exact) mass is 858 g/mol. The third-order valence-electron chi connectivity index (χ3n) is 8.73. The number of sulfonamides is 1. The van der Waals surface area contributed by atoms with Crippen molar-refractivity contribution >= 4 is 108 Å². The highest BCUT2D eigenvalue weighted by molar-refractivity contribution is 7.92. The third-order valence-corrected chi connectivity index (χ3v) is 11.9. The van der Waals surface area contributed by atoms with Crippen molar-refractivity contribution in [3.63, 3.8) is 0 Å². The minimum absolute atomic E-state index is 0.00186. The van der Waals surface area contributed by atoms with Gasteiger partial charge in [0.15, 0.2) is 11.6 Å². The SMILES string of the molecule is CN(C)CCCNc1nc(NCCCN(C)C)nc(Nc2ccc(S(=O)(=O)Nc3ccc4ccc(C5C(=O)c6c(Cl)c(Cl)c(Cl)c(Cl)c6C5=O)nc4c3)cc2)n1. The molecule has 1 aliphatic rings. The molecule has 6 rings (SSSR count). The Morgan fingerprint density at radius 2 is 1.14 bits per heavy atom. The van der Waals surface area contributed by atoms with Crippen LogP contribution in [0.1, 0.15) is 45.2 Å². The fourth-order valence-electron chi connectivity index (χ4n) is 5.97. The molecule has 0 atom stereocenters. The Labute approximate surface area is 344 Å². The van der Waals surface area contributed by atoms with Crippen LogP contribution < -0.4 is 20.7 Å². The number of hydrogen-bond donors (Lipinski definition) is 4. The minimum atomic E-state index is -4.06. The minimum Gasteiger partial charge on any atom is -0.354 e. The lowest BCUT2D eigenvalue weighted by Crippen LogP contribution is -2.19. The second kappa shape index (κ2) is 17.4. The molecule has 0 radical (unpaired) electrons. The Bertz CT molecular complexity index is 2340. The van der Waals surface area contributed by atoms with Gasteiger partial charge in [-0.15, -0.1) is 0 Å². The van der Waals surface area contributed by atoms with E-state index in [1.54, 1.807) is 36.4 Å². The zero-order chi connectivity index (χ0) is 40.3. The zero-order valence-electron chi connectivity index (χ0n) is 30.8. The van der Waals surface area contributed by atoms with Crippen molar-refractivity contribution in [2.45, 2.75) is 23.7 Å². The number of halogens is 4. The molecule has 0 saturated heterocycles. The summed E-state index contributed by atoms with van der Waals surface area (Å²) in [6.45, 7) is 3.14. The van der Waals surface area contributed by atoms with Gasteiger partial charge in [0, 0.05) is 24.2 Å². The van der Waals surface area contributed by atoms with E-state index in [2.05, 4.69) is 50.4 Å². The van der Waals surface area contributed by atoms with Gasteiger partial charge < -0.3 is 25.8 Å². The molecule has 0 bridgehead atoms. The van der Waals surface area contributed by atoms with E-state index in [1.807, 2.05) is 28.2 Å². The van der Waals surface area contributed by atoms with Crippen LogP contribution in [0.25, 0.3) is 10.9 Å². The smallest absolute Gasteiger partial charge is 0.261 e. The van der Waals surface area contributed by atoms with Gasteiger partial charge in [-0.25, -0.2) is 8.42 Å². The molecule has 0 fully saturated rings. The summed E-state index contributed by atoms with van der Waals surface area (Å²) in [4.78, 5) is 49.2. The lowest BCUT2D eigenvalue weighted by Gasteiger charge is -2.14. The number of aromatic nitrogens is 4. The van der Waals surface area contributed by atoms with E-state index < -0.39 is 27.5 Å². The molecule has 2 heterocycles. The number of rotatable bonds is 16. The molecule has 3 aromatic carbocycles. The van der Waals surface area contributed by atoms with Crippen LogP contribution in [0.2, 0.25) is 20.1 Å². The normalized spacial score (nSPS) is 13.2. The van der Waals surface area contributed by atoms with E-state index in [9.17, 15) is 18.0 Å². The first-order valence-electron chi connectivity index (χ1n) is 17.4.